The molecule has 0 radical (unpaired) electrons. The van der Waals surface area contributed by atoms with Crippen LogP contribution in [0.3, 0.4) is 0 Å². The zero-order valence-corrected chi connectivity index (χ0v) is 24.1. The molecule has 0 heterocycles. The summed E-state index contributed by atoms with van der Waals surface area (Å²) in [6.45, 7) is 3.38. The molecule has 12 N–H and O–H groups in total. The Labute approximate surface area is 248 Å². The zero-order chi connectivity index (χ0) is 32.7. The van der Waals surface area contributed by atoms with Crippen LogP contribution in [-0.4, -0.2) is 99.4 Å². The molecule has 0 spiro atoms. The van der Waals surface area contributed by atoms with E-state index in [0.29, 0.717) is 5.56 Å². The van der Waals surface area contributed by atoms with Crippen LogP contribution in [-0.2, 0) is 19.1 Å². The van der Waals surface area contributed by atoms with Crippen LogP contribution in [0.2, 0.25) is 0 Å². The molecule has 3 amide bonds. The number of carbonyl (C=O) groups is 4. The number of aromatic hydroxyl groups is 2. The van der Waals surface area contributed by atoms with Crippen LogP contribution in [0.5, 0.6) is 11.5 Å². The Morgan fingerprint density at radius 1 is 1.07 bits per heavy atom. The van der Waals surface area contributed by atoms with Gasteiger partial charge in [0.15, 0.2) is 17.5 Å². The first-order valence-electron chi connectivity index (χ1n) is 13.1. The Balaban J connectivity index is 2.85. The average Bonchev–Trinajstić information content (AvgIpc) is 2.93. The predicted molar refractivity (Wildman–Crippen MR) is 156 cm³/mol. The third-order valence-electron chi connectivity index (χ3n) is 6.04. The number of aliphatic hydroxyl groups excluding tert-OH is 2. The number of aliphatic carboxylic acids is 1. The minimum absolute atomic E-state index is 0.0529. The first-order chi connectivity index (χ1) is 20.2. The quantitative estimate of drug-likeness (QED) is 0.0351. The molecule has 0 fully saturated rings. The lowest BCUT2D eigenvalue weighted by molar-refractivity contribution is -0.132. The molecule has 0 bridgehead atoms. The fourth-order valence-corrected chi connectivity index (χ4v) is 3.86. The van der Waals surface area contributed by atoms with E-state index in [1.165, 1.54) is 57.2 Å². The van der Waals surface area contributed by atoms with Crippen molar-refractivity contribution in [3.8, 4) is 11.5 Å². The molecule has 5 atom stereocenters. The average molecular weight is 609 g/mol. The normalized spacial score (nSPS) is 15.0. The van der Waals surface area contributed by atoms with Crippen molar-refractivity contribution in [2.24, 2.45) is 22.4 Å². The monoisotopic (exact) mass is 608 g/mol. The van der Waals surface area contributed by atoms with Crippen LogP contribution in [0.4, 0.5) is 4.79 Å². The zero-order valence-electron chi connectivity index (χ0n) is 24.1. The van der Waals surface area contributed by atoms with Crippen molar-refractivity contribution in [3.05, 3.63) is 41.5 Å². The largest absolute Gasteiger partial charge is 0.504 e. The standard InChI is InChI=1S/C27H40N6O10/c1-14(25(40)41)11-18(33-26(28)29)23(32-16(3)35)15(2)24(21(38)13-34)43-27(42)31-10-4-9-30-22(39)8-6-17-5-7-19(36)20(37)12-17/h5-8,11-12,15,18,21,23-24,34,36-38H,4,9-10,13H2,1-3H3,(H,30,39)(H,31,42)(H,32,35)(H,40,41)(H4,28,29,33)/b8-6+,14-11+/t15-,18+,21-,23+,24+/m1/s1. The number of nitrogens with zero attached hydrogens (tertiary/aromatic N) is 1. The molecule has 1 aromatic carbocycles. The van der Waals surface area contributed by atoms with E-state index in [4.69, 9.17) is 16.2 Å². The number of alkyl carbamates (subject to hydrolysis) is 1. The highest BCUT2D eigenvalue weighted by molar-refractivity contribution is 5.91. The van der Waals surface area contributed by atoms with Gasteiger partial charge >= 0.3 is 12.1 Å². The lowest BCUT2D eigenvalue weighted by Gasteiger charge is -2.35. The number of nitrogens with two attached hydrogens (primary N) is 2. The van der Waals surface area contributed by atoms with Gasteiger partial charge < -0.3 is 57.7 Å². The van der Waals surface area contributed by atoms with Gasteiger partial charge in [-0.2, -0.15) is 0 Å². The number of phenolic OH excluding ortho intramolecular Hbond substituents is 2. The van der Waals surface area contributed by atoms with Crippen molar-refractivity contribution < 1.29 is 49.4 Å². The van der Waals surface area contributed by atoms with E-state index in [9.17, 15) is 44.7 Å². The summed E-state index contributed by atoms with van der Waals surface area (Å²) in [4.78, 5) is 51.9. The highest BCUT2D eigenvalue weighted by Crippen LogP contribution is 2.25. The fourth-order valence-electron chi connectivity index (χ4n) is 3.86. The van der Waals surface area contributed by atoms with Crippen molar-refractivity contribution in [1.82, 2.24) is 16.0 Å². The van der Waals surface area contributed by atoms with Gasteiger partial charge in [-0.15, -0.1) is 0 Å². The first-order valence-corrected chi connectivity index (χ1v) is 13.1. The first kappa shape index (κ1) is 36.2. The van der Waals surface area contributed by atoms with Gasteiger partial charge in [-0.1, -0.05) is 13.0 Å². The predicted octanol–water partition coefficient (Wildman–Crippen LogP) is -1.12. The number of aliphatic imine (C=N–C) groups is 1. The Bertz CT molecular complexity index is 1210. The summed E-state index contributed by atoms with van der Waals surface area (Å²) >= 11 is 0. The number of hydrogen-bond acceptors (Lipinski definition) is 10. The molecule has 0 saturated carbocycles. The smallest absolute Gasteiger partial charge is 0.407 e. The second-order valence-electron chi connectivity index (χ2n) is 9.56. The molecule has 0 aliphatic carbocycles. The topological polar surface area (TPSA) is 279 Å². The Morgan fingerprint density at radius 3 is 2.28 bits per heavy atom. The third kappa shape index (κ3) is 13.1. The van der Waals surface area contributed by atoms with Crippen LogP contribution in [0, 0.1) is 5.92 Å². The molecule has 16 nitrogen and oxygen atoms in total. The molecule has 1 rings (SSSR count). The maximum absolute atomic E-state index is 12.5. The number of nitrogens with one attached hydrogen (secondary N) is 3. The fraction of sp³-hybridized carbons (Fsp3) is 0.444. The van der Waals surface area contributed by atoms with E-state index >= 15 is 0 Å². The molecule has 0 saturated heterocycles. The van der Waals surface area contributed by atoms with E-state index in [2.05, 4.69) is 20.9 Å². The summed E-state index contributed by atoms with van der Waals surface area (Å²) < 4.78 is 5.37. The number of rotatable bonds is 16. The molecule has 16 heteroatoms. The minimum Gasteiger partial charge on any atom is -0.504 e. The van der Waals surface area contributed by atoms with Gasteiger partial charge in [-0.25, -0.2) is 14.6 Å². The highest BCUT2D eigenvalue weighted by Gasteiger charge is 2.38. The van der Waals surface area contributed by atoms with Crippen LogP contribution >= 0.6 is 0 Å². The molecule has 0 aliphatic heterocycles. The number of hydrogen-bond donors (Lipinski definition) is 10. The van der Waals surface area contributed by atoms with Gasteiger partial charge in [0.2, 0.25) is 11.8 Å². The Kier molecular flexibility index (Phi) is 15.0. The maximum atomic E-state index is 12.5. The van der Waals surface area contributed by atoms with E-state index < -0.39 is 66.7 Å². The van der Waals surface area contributed by atoms with Gasteiger partial charge in [0, 0.05) is 37.6 Å². The number of guanidine groups is 1. The van der Waals surface area contributed by atoms with E-state index in [-0.39, 0.29) is 36.6 Å². The molecule has 0 aromatic heterocycles. The number of phenols is 2. The Hall–Kier alpha value is -4.83. The molecule has 0 unspecified atom stereocenters. The summed E-state index contributed by atoms with van der Waals surface area (Å²) in [7, 11) is 0. The van der Waals surface area contributed by atoms with Crippen molar-refractivity contribution in [2.45, 2.75) is 51.5 Å². The maximum Gasteiger partial charge on any atom is 0.407 e. The highest BCUT2D eigenvalue weighted by atomic mass is 16.6. The number of carboxylic acid groups (broad SMARTS) is 1. The van der Waals surface area contributed by atoms with Crippen molar-refractivity contribution >= 4 is 35.9 Å². The summed E-state index contributed by atoms with van der Waals surface area (Å²) in [6, 6.07) is 1.84. The molecule has 0 aliphatic rings. The summed E-state index contributed by atoms with van der Waals surface area (Å²) in [5.41, 5.74) is 11.4. The lowest BCUT2D eigenvalue weighted by atomic mass is 9.86. The van der Waals surface area contributed by atoms with Crippen LogP contribution in [0.25, 0.3) is 6.08 Å². The number of aliphatic hydroxyl groups is 2. The van der Waals surface area contributed by atoms with Gasteiger partial charge in [0.25, 0.3) is 0 Å². The number of benzene rings is 1. The molecule has 238 valence electrons. The molecule has 1 aromatic rings. The number of carbonyl (C=O) groups excluding carboxylic acids is 3. The molecule has 43 heavy (non-hydrogen) atoms. The van der Waals surface area contributed by atoms with Crippen LogP contribution in [0.1, 0.15) is 32.8 Å². The second kappa shape index (κ2) is 17.9. The van der Waals surface area contributed by atoms with E-state index in [1.54, 1.807) is 0 Å². The summed E-state index contributed by atoms with van der Waals surface area (Å²) in [5.74, 6) is -4.24. The van der Waals surface area contributed by atoms with Gasteiger partial charge in [0.05, 0.1) is 18.7 Å². The lowest BCUT2D eigenvalue weighted by Crippen LogP contribution is -2.54. The number of amides is 3. The second-order valence-corrected chi connectivity index (χ2v) is 9.56. The number of ether oxygens (including phenoxy) is 1. The van der Waals surface area contributed by atoms with Crippen molar-refractivity contribution in [3.63, 3.8) is 0 Å². The van der Waals surface area contributed by atoms with E-state index in [0.717, 1.165) is 0 Å². The van der Waals surface area contributed by atoms with Gasteiger partial charge in [-0.05, 0) is 43.2 Å². The SMILES string of the molecule is CC(=O)N[C@@H]([C@@H](C)[C@H](OC(=O)NCCCNC(=O)/C=C/c1ccc(O)c(O)c1)[C@H](O)CO)[C@H](/C=C(\C)C(=O)O)N=C(N)N. The molecular weight excluding hydrogens is 568 g/mol. The minimum atomic E-state index is -1.59. The summed E-state index contributed by atoms with van der Waals surface area (Å²) in [6.07, 6.45) is 0.175. The van der Waals surface area contributed by atoms with Crippen molar-refractivity contribution in [2.75, 3.05) is 19.7 Å². The van der Waals surface area contributed by atoms with Gasteiger partial charge in [0.1, 0.15) is 12.2 Å². The van der Waals surface area contributed by atoms with E-state index in [1.807, 2.05) is 0 Å². The molecular formula is C27H40N6O10. The Morgan fingerprint density at radius 2 is 1.72 bits per heavy atom. The summed E-state index contributed by atoms with van der Waals surface area (Å²) in [5, 5.41) is 55.8. The van der Waals surface area contributed by atoms with Crippen LogP contribution < -0.4 is 27.4 Å². The number of carboxylic acids is 1. The van der Waals surface area contributed by atoms with Crippen molar-refractivity contribution in [1.29, 1.82) is 0 Å². The third-order valence-corrected chi connectivity index (χ3v) is 6.04. The van der Waals surface area contributed by atoms with Gasteiger partial charge in [-0.3, -0.25) is 9.59 Å². The van der Waals surface area contributed by atoms with Crippen LogP contribution in [0.15, 0.2) is 40.9 Å².